The van der Waals surface area contributed by atoms with Crippen LogP contribution in [-0.2, 0) is 9.59 Å². The van der Waals surface area contributed by atoms with Crippen LogP contribution in [-0.4, -0.2) is 34.0 Å². The van der Waals surface area contributed by atoms with Gasteiger partial charge in [0.15, 0.2) is 0 Å². The van der Waals surface area contributed by atoms with Crippen LogP contribution in [0.1, 0.15) is 56.2 Å². The van der Waals surface area contributed by atoms with Crippen molar-refractivity contribution in [2.24, 2.45) is 0 Å². The largest absolute Gasteiger partial charge is 0.339 e. The number of amides is 3. The van der Waals surface area contributed by atoms with Gasteiger partial charge in [0.1, 0.15) is 11.7 Å². The van der Waals surface area contributed by atoms with Gasteiger partial charge in [-0.1, -0.05) is 20.8 Å². The molecule has 0 radical (unpaired) electrons. The molecule has 0 fully saturated rings. The van der Waals surface area contributed by atoms with Gasteiger partial charge in [-0.2, -0.15) is 5.10 Å². The SMILES string of the molecule is CCC(NC(=O)c1cc(C(C)C)[nH]n1)C(=O)NC(C)=O. The fraction of sp³-hybridized carbons (Fsp3) is 0.538. The standard InChI is InChI=1S/C13H20N4O3/c1-5-9(12(19)14-8(4)18)15-13(20)11-6-10(7(2)3)16-17-11/h6-7,9H,5H2,1-4H3,(H,15,20)(H,16,17)(H,14,18,19). The quantitative estimate of drug-likeness (QED) is 0.738. The summed E-state index contributed by atoms with van der Waals surface area (Å²) < 4.78 is 0. The van der Waals surface area contributed by atoms with Crippen molar-refractivity contribution in [3.8, 4) is 0 Å². The van der Waals surface area contributed by atoms with E-state index in [0.29, 0.717) is 6.42 Å². The van der Waals surface area contributed by atoms with E-state index in [2.05, 4.69) is 20.8 Å². The number of hydrogen-bond donors (Lipinski definition) is 3. The second-order valence-electron chi connectivity index (χ2n) is 4.84. The molecule has 1 atom stereocenters. The van der Waals surface area contributed by atoms with Gasteiger partial charge < -0.3 is 5.32 Å². The summed E-state index contributed by atoms with van der Waals surface area (Å²) in [6.45, 7) is 6.94. The number of carbonyl (C=O) groups excluding carboxylic acids is 3. The van der Waals surface area contributed by atoms with E-state index in [0.717, 1.165) is 5.69 Å². The van der Waals surface area contributed by atoms with Crippen LogP contribution in [0.3, 0.4) is 0 Å². The van der Waals surface area contributed by atoms with Crippen molar-refractivity contribution in [2.75, 3.05) is 0 Å². The average molecular weight is 280 g/mol. The minimum absolute atomic E-state index is 0.225. The summed E-state index contributed by atoms with van der Waals surface area (Å²) >= 11 is 0. The second-order valence-corrected chi connectivity index (χ2v) is 4.84. The molecular weight excluding hydrogens is 260 g/mol. The summed E-state index contributed by atoms with van der Waals surface area (Å²) in [4.78, 5) is 34.5. The molecule has 110 valence electrons. The normalized spacial score (nSPS) is 12.1. The predicted octanol–water partition coefficient (Wildman–Crippen LogP) is 0.704. The number of nitrogens with zero attached hydrogens (tertiary/aromatic N) is 1. The van der Waals surface area contributed by atoms with E-state index in [4.69, 9.17) is 0 Å². The van der Waals surface area contributed by atoms with E-state index < -0.39 is 23.8 Å². The Bertz CT molecular complexity index is 507. The molecule has 0 saturated heterocycles. The van der Waals surface area contributed by atoms with Gasteiger partial charge in [-0.25, -0.2) is 0 Å². The van der Waals surface area contributed by atoms with Crippen molar-refractivity contribution < 1.29 is 14.4 Å². The lowest BCUT2D eigenvalue weighted by atomic mass is 10.1. The third kappa shape index (κ3) is 4.18. The summed E-state index contributed by atoms with van der Waals surface area (Å²) in [5, 5.41) is 11.4. The highest BCUT2D eigenvalue weighted by molar-refractivity contribution is 6.00. The third-order valence-electron chi connectivity index (χ3n) is 2.78. The van der Waals surface area contributed by atoms with E-state index in [1.54, 1.807) is 13.0 Å². The first-order valence-electron chi connectivity index (χ1n) is 6.52. The summed E-state index contributed by atoms with van der Waals surface area (Å²) in [6, 6.07) is 0.890. The summed E-state index contributed by atoms with van der Waals surface area (Å²) in [7, 11) is 0. The van der Waals surface area contributed by atoms with Crippen LogP contribution in [0.25, 0.3) is 0 Å². The van der Waals surface area contributed by atoms with Crippen LogP contribution in [0.5, 0.6) is 0 Å². The molecule has 0 aliphatic rings. The van der Waals surface area contributed by atoms with Crippen molar-refractivity contribution in [1.82, 2.24) is 20.8 Å². The highest BCUT2D eigenvalue weighted by Gasteiger charge is 2.21. The zero-order valence-electron chi connectivity index (χ0n) is 12.1. The minimum Gasteiger partial charge on any atom is -0.339 e. The lowest BCUT2D eigenvalue weighted by Gasteiger charge is -2.14. The lowest BCUT2D eigenvalue weighted by Crippen LogP contribution is -2.47. The maximum absolute atomic E-state index is 12.0. The Morgan fingerprint density at radius 3 is 2.45 bits per heavy atom. The Kier molecular flexibility index (Phi) is 5.42. The number of aromatic amines is 1. The van der Waals surface area contributed by atoms with Gasteiger partial charge in [-0.15, -0.1) is 0 Å². The van der Waals surface area contributed by atoms with E-state index in [-0.39, 0.29) is 11.6 Å². The van der Waals surface area contributed by atoms with Gasteiger partial charge in [0.25, 0.3) is 5.91 Å². The summed E-state index contributed by atoms with van der Waals surface area (Å²) in [5.74, 6) is -1.19. The van der Waals surface area contributed by atoms with Crippen LogP contribution in [0.2, 0.25) is 0 Å². The first-order valence-corrected chi connectivity index (χ1v) is 6.52. The van der Waals surface area contributed by atoms with Gasteiger partial charge in [0.05, 0.1) is 0 Å². The molecule has 20 heavy (non-hydrogen) atoms. The maximum Gasteiger partial charge on any atom is 0.272 e. The molecule has 0 aliphatic carbocycles. The van der Waals surface area contributed by atoms with Crippen molar-refractivity contribution in [3.63, 3.8) is 0 Å². The zero-order chi connectivity index (χ0) is 15.3. The molecule has 1 heterocycles. The Balaban J connectivity index is 2.71. The highest BCUT2D eigenvalue weighted by atomic mass is 16.2. The number of hydrogen-bond acceptors (Lipinski definition) is 4. The average Bonchev–Trinajstić information content (AvgIpc) is 2.84. The lowest BCUT2D eigenvalue weighted by molar-refractivity contribution is -0.130. The third-order valence-corrected chi connectivity index (χ3v) is 2.78. The zero-order valence-corrected chi connectivity index (χ0v) is 12.1. The molecule has 0 aromatic carbocycles. The van der Waals surface area contributed by atoms with Gasteiger partial charge >= 0.3 is 0 Å². The topological polar surface area (TPSA) is 104 Å². The smallest absolute Gasteiger partial charge is 0.272 e. The Hall–Kier alpha value is -2.18. The van der Waals surface area contributed by atoms with Gasteiger partial charge in [0, 0.05) is 12.6 Å². The number of aromatic nitrogens is 2. The number of rotatable bonds is 5. The molecule has 1 aromatic heterocycles. The van der Waals surface area contributed by atoms with Crippen LogP contribution >= 0.6 is 0 Å². The van der Waals surface area contributed by atoms with E-state index in [1.807, 2.05) is 13.8 Å². The second kappa shape index (κ2) is 6.83. The Labute approximate surface area is 117 Å². The Morgan fingerprint density at radius 2 is 2.00 bits per heavy atom. The summed E-state index contributed by atoms with van der Waals surface area (Å²) in [5.41, 5.74) is 1.07. The first-order chi connectivity index (χ1) is 9.35. The van der Waals surface area contributed by atoms with Crippen LogP contribution in [0.4, 0.5) is 0 Å². The molecule has 7 nitrogen and oxygen atoms in total. The molecule has 0 saturated carbocycles. The van der Waals surface area contributed by atoms with Gasteiger partial charge in [-0.3, -0.25) is 24.8 Å². The van der Waals surface area contributed by atoms with Crippen LogP contribution < -0.4 is 10.6 Å². The fourth-order valence-corrected chi connectivity index (χ4v) is 1.59. The highest BCUT2D eigenvalue weighted by Crippen LogP contribution is 2.11. The molecule has 3 N–H and O–H groups in total. The molecule has 1 aromatic rings. The summed E-state index contributed by atoms with van der Waals surface area (Å²) in [6.07, 6.45) is 0.381. The van der Waals surface area contributed by atoms with Crippen LogP contribution in [0.15, 0.2) is 6.07 Å². The number of imide groups is 1. The molecule has 1 unspecified atom stereocenters. The van der Waals surface area contributed by atoms with Crippen LogP contribution in [0, 0.1) is 0 Å². The predicted molar refractivity (Wildman–Crippen MR) is 73.0 cm³/mol. The molecule has 0 spiro atoms. The maximum atomic E-state index is 12.0. The molecule has 7 heteroatoms. The van der Waals surface area contributed by atoms with E-state index in [1.165, 1.54) is 6.92 Å². The Morgan fingerprint density at radius 1 is 1.35 bits per heavy atom. The number of H-pyrrole nitrogens is 1. The van der Waals surface area contributed by atoms with Crippen molar-refractivity contribution in [1.29, 1.82) is 0 Å². The molecular formula is C13H20N4O3. The van der Waals surface area contributed by atoms with Crippen molar-refractivity contribution >= 4 is 17.7 Å². The molecule has 3 amide bonds. The van der Waals surface area contributed by atoms with Crippen molar-refractivity contribution in [2.45, 2.75) is 46.1 Å². The fourth-order valence-electron chi connectivity index (χ4n) is 1.59. The van der Waals surface area contributed by atoms with E-state index in [9.17, 15) is 14.4 Å². The van der Waals surface area contributed by atoms with E-state index >= 15 is 0 Å². The van der Waals surface area contributed by atoms with Gasteiger partial charge in [0.2, 0.25) is 11.8 Å². The van der Waals surface area contributed by atoms with Gasteiger partial charge in [-0.05, 0) is 18.4 Å². The number of nitrogens with one attached hydrogen (secondary N) is 3. The molecule has 1 rings (SSSR count). The first kappa shape index (κ1) is 15.9. The minimum atomic E-state index is -0.759. The monoisotopic (exact) mass is 280 g/mol. The number of carbonyl (C=O) groups is 3. The molecule has 0 bridgehead atoms. The van der Waals surface area contributed by atoms with Crippen molar-refractivity contribution in [3.05, 3.63) is 17.5 Å². The molecule has 0 aliphatic heterocycles.